The number of aromatic nitrogens is 1. The van der Waals surface area contributed by atoms with E-state index in [0.29, 0.717) is 5.92 Å². The summed E-state index contributed by atoms with van der Waals surface area (Å²) in [5.74, 6) is 0.219. The first-order chi connectivity index (χ1) is 10.6. The smallest absolute Gasteiger partial charge is 0.244 e. The van der Waals surface area contributed by atoms with Crippen LogP contribution in [0.2, 0.25) is 0 Å². The largest absolute Gasteiger partial charge is 0.394 e. The van der Waals surface area contributed by atoms with E-state index < -0.39 is 0 Å². The predicted molar refractivity (Wildman–Crippen MR) is 89.2 cm³/mol. The van der Waals surface area contributed by atoms with Crippen molar-refractivity contribution in [2.45, 2.75) is 26.3 Å². The van der Waals surface area contributed by atoms with E-state index in [9.17, 15) is 9.90 Å². The molecule has 1 amide bonds. The molecule has 1 aromatic heterocycles. The Bertz CT molecular complexity index is 660. The van der Waals surface area contributed by atoms with E-state index in [1.807, 2.05) is 30.3 Å². The summed E-state index contributed by atoms with van der Waals surface area (Å²) in [5.41, 5.74) is 1.77. The number of carbonyl (C=O) groups is 1. The van der Waals surface area contributed by atoms with Gasteiger partial charge in [-0.25, -0.2) is 0 Å². The van der Waals surface area contributed by atoms with Crippen LogP contribution in [0.5, 0.6) is 0 Å². The van der Waals surface area contributed by atoms with Crippen LogP contribution in [0.15, 0.2) is 42.6 Å². The summed E-state index contributed by atoms with van der Waals surface area (Å²) in [5, 5.41) is 13.2. The molecule has 116 valence electrons. The van der Waals surface area contributed by atoms with E-state index in [4.69, 9.17) is 0 Å². The lowest BCUT2D eigenvalue weighted by Crippen LogP contribution is -2.37. The molecule has 2 aromatic rings. The molecule has 4 nitrogen and oxygen atoms in total. The third-order valence-electron chi connectivity index (χ3n) is 3.40. The lowest BCUT2D eigenvalue weighted by atomic mass is 10.0. The van der Waals surface area contributed by atoms with Crippen molar-refractivity contribution in [3.05, 3.63) is 48.2 Å². The van der Waals surface area contributed by atoms with Crippen LogP contribution in [-0.4, -0.2) is 28.6 Å². The maximum Gasteiger partial charge on any atom is 0.244 e. The first kappa shape index (κ1) is 16.2. The van der Waals surface area contributed by atoms with Crippen LogP contribution < -0.4 is 5.32 Å². The standard InChI is InChI=1S/C18H22N2O2/c1-13(2)11-16(12-21)20-17(22)9-8-15-6-3-5-14-7-4-10-19-18(14)15/h3-10,13,16,21H,11-12H2,1-2H3,(H,20,22)/b9-8+. The van der Waals surface area contributed by atoms with Crippen molar-refractivity contribution >= 4 is 22.9 Å². The lowest BCUT2D eigenvalue weighted by Gasteiger charge is -2.17. The van der Waals surface area contributed by atoms with Gasteiger partial charge in [0.1, 0.15) is 0 Å². The van der Waals surface area contributed by atoms with Gasteiger partial charge in [0.25, 0.3) is 0 Å². The van der Waals surface area contributed by atoms with Gasteiger partial charge in [0, 0.05) is 23.2 Å². The molecule has 0 spiro atoms. The summed E-state index contributed by atoms with van der Waals surface area (Å²) < 4.78 is 0. The Morgan fingerprint density at radius 3 is 2.82 bits per heavy atom. The molecule has 0 saturated heterocycles. The second kappa shape index (κ2) is 7.71. The van der Waals surface area contributed by atoms with Gasteiger partial charge in [-0.05, 0) is 24.5 Å². The third kappa shape index (κ3) is 4.40. The van der Waals surface area contributed by atoms with Gasteiger partial charge in [-0.15, -0.1) is 0 Å². The number of rotatable bonds is 6. The number of aliphatic hydroxyl groups excluding tert-OH is 1. The number of amides is 1. The summed E-state index contributed by atoms with van der Waals surface area (Å²) in [6, 6.07) is 9.53. The van der Waals surface area contributed by atoms with Crippen molar-refractivity contribution in [3.8, 4) is 0 Å². The zero-order chi connectivity index (χ0) is 15.9. The second-order valence-corrected chi connectivity index (χ2v) is 5.77. The minimum Gasteiger partial charge on any atom is -0.394 e. The highest BCUT2D eigenvalue weighted by Gasteiger charge is 2.11. The van der Waals surface area contributed by atoms with Gasteiger partial charge < -0.3 is 10.4 Å². The number of aliphatic hydroxyl groups is 1. The van der Waals surface area contributed by atoms with Crippen molar-refractivity contribution < 1.29 is 9.90 Å². The lowest BCUT2D eigenvalue weighted by molar-refractivity contribution is -0.117. The summed E-state index contributed by atoms with van der Waals surface area (Å²) in [4.78, 5) is 16.3. The summed E-state index contributed by atoms with van der Waals surface area (Å²) in [6.45, 7) is 4.08. The Labute approximate surface area is 130 Å². The fourth-order valence-electron chi connectivity index (χ4n) is 2.43. The van der Waals surface area contributed by atoms with Crippen LogP contribution in [0, 0.1) is 5.92 Å². The van der Waals surface area contributed by atoms with Crippen molar-refractivity contribution in [2.24, 2.45) is 5.92 Å². The first-order valence-electron chi connectivity index (χ1n) is 7.53. The Balaban J connectivity index is 2.08. The van der Waals surface area contributed by atoms with Crippen molar-refractivity contribution in [2.75, 3.05) is 6.61 Å². The highest BCUT2D eigenvalue weighted by molar-refractivity contribution is 5.95. The molecule has 2 rings (SSSR count). The molecule has 2 N–H and O–H groups in total. The van der Waals surface area contributed by atoms with Gasteiger partial charge in [-0.1, -0.05) is 38.1 Å². The fourth-order valence-corrected chi connectivity index (χ4v) is 2.43. The molecule has 0 aliphatic rings. The highest BCUT2D eigenvalue weighted by Crippen LogP contribution is 2.17. The quantitative estimate of drug-likeness (QED) is 0.806. The zero-order valence-electron chi connectivity index (χ0n) is 13.0. The Morgan fingerprint density at radius 2 is 2.09 bits per heavy atom. The molecule has 0 radical (unpaired) electrons. The fraction of sp³-hybridized carbons (Fsp3) is 0.333. The molecule has 1 unspecified atom stereocenters. The minimum absolute atomic E-state index is 0.0480. The van der Waals surface area contributed by atoms with Gasteiger partial charge in [0.05, 0.1) is 18.2 Å². The third-order valence-corrected chi connectivity index (χ3v) is 3.40. The van der Waals surface area contributed by atoms with E-state index in [-0.39, 0.29) is 18.6 Å². The van der Waals surface area contributed by atoms with Gasteiger partial charge in [0.15, 0.2) is 0 Å². The van der Waals surface area contributed by atoms with Gasteiger partial charge in [0.2, 0.25) is 5.91 Å². The predicted octanol–water partition coefficient (Wildman–Crippen LogP) is 2.77. The Morgan fingerprint density at radius 1 is 1.32 bits per heavy atom. The van der Waals surface area contributed by atoms with Crippen molar-refractivity contribution in [1.29, 1.82) is 0 Å². The molecular formula is C18H22N2O2. The molecule has 0 aliphatic carbocycles. The number of pyridine rings is 1. The number of fused-ring (bicyclic) bond motifs is 1. The molecule has 0 bridgehead atoms. The van der Waals surface area contributed by atoms with Crippen molar-refractivity contribution in [1.82, 2.24) is 10.3 Å². The van der Waals surface area contributed by atoms with Crippen LogP contribution in [-0.2, 0) is 4.79 Å². The number of carbonyl (C=O) groups excluding carboxylic acids is 1. The molecule has 0 aliphatic heterocycles. The summed E-state index contributed by atoms with van der Waals surface area (Å²) in [7, 11) is 0. The number of nitrogens with one attached hydrogen (secondary N) is 1. The average Bonchev–Trinajstić information content (AvgIpc) is 2.51. The summed E-state index contributed by atoms with van der Waals surface area (Å²) in [6.07, 6.45) is 5.75. The van der Waals surface area contributed by atoms with E-state index in [0.717, 1.165) is 22.9 Å². The normalized spacial score (nSPS) is 12.9. The van der Waals surface area contributed by atoms with Gasteiger partial charge in [-0.2, -0.15) is 0 Å². The zero-order valence-corrected chi connectivity index (χ0v) is 13.0. The monoisotopic (exact) mass is 298 g/mol. The molecule has 0 fully saturated rings. The van der Waals surface area contributed by atoms with Crippen LogP contribution in [0.3, 0.4) is 0 Å². The van der Waals surface area contributed by atoms with Crippen LogP contribution in [0.4, 0.5) is 0 Å². The number of hydrogen-bond acceptors (Lipinski definition) is 3. The van der Waals surface area contributed by atoms with E-state index >= 15 is 0 Å². The number of hydrogen-bond donors (Lipinski definition) is 2. The number of para-hydroxylation sites is 1. The number of benzene rings is 1. The Kier molecular flexibility index (Phi) is 5.67. The second-order valence-electron chi connectivity index (χ2n) is 5.77. The molecule has 1 heterocycles. The van der Waals surface area contributed by atoms with Crippen LogP contribution >= 0.6 is 0 Å². The maximum atomic E-state index is 12.0. The van der Waals surface area contributed by atoms with Crippen LogP contribution in [0.25, 0.3) is 17.0 Å². The van der Waals surface area contributed by atoms with E-state index in [1.54, 1.807) is 12.3 Å². The maximum absolute atomic E-state index is 12.0. The molecular weight excluding hydrogens is 276 g/mol. The van der Waals surface area contributed by atoms with Gasteiger partial charge >= 0.3 is 0 Å². The highest BCUT2D eigenvalue weighted by atomic mass is 16.3. The summed E-state index contributed by atoms with van der Waals surface area (Å²) >= 11 is 0. The van der Waals surface area contributed by atoms with Crippen molar-refractivity contribution in [3.63, 3.8) is 0 Å². The van der Waals surface area contributed by atoms with Crippen LogP contribution in [0.1, 0.15) is 25.8 Å². The minimum atomic E-state index is -0.206. The first-order valence-corrected chi connectivity index (χ1v) is 7.53. The van der Waals surface area contributed by atoms with E-state index in [1.165, 1.54) is 6.08 Å². The molecule has 22 heavy (non-hydrogen) atoms. The van der Waals surface area contributed by atoms with E-state index in [2.05, 4.69) is 24.1 Å². The molecule has 1 atom stereocenters. The molecule has 0 saturated carbocycles. The SMILES string of the molecule is CC(C)CC(CO)NC(=O)/C=C/c1cccc2cccnc12. The Hall–Kier alpha value is -2.20. The molecule has 1 aromatic carbocycles. The van der Waals surface area contributed by atoms with Gasteiger partial charge in [-0.3, -0.25) is 9.78 Å². The topological polar surface area (TPSA) is 62.2 Å². The molecule has 4 heteroatoms. The average molecular weight is 298 g/mol. The number of nitrogens with zero attached hydrogens (tertiary/aromatic N) is 1.